The Morgan fingerprint density at radius 1 is 0.970 bits per heavy atom. The van der Waals surface area contributed by atoms with Gasteiger partial charge in [0, 0.05) is 6.54 Å². The summed E-state index contributed by atoms with van der Waals surface area (Å²) >= 11 is 1.55. The van der Waals surface area contributed by atoms with Crippen molar-refractivity contribution in [2.75, 3.05) is 31.6 Å². The number of nitrogens with two attached hydrogens (primary N) is 4. The summed E-state index contributed by atoms with van der Waals surface area (Å²) < 4.78 is 0. The molecule has 0 radical (unpaired) electrons. The van der Waals surface area contributed by atoms with Gasteiger partial charge in [0.05, 0.1) is 12.6 Å². The van der Waals surface area contributed by atoms with Crippen molar-refractivity contribution in [2.24, 2.45) is 27.9 Å². The van der Waals surface area contributed by atoms with Crippen molar-refractivity contribution >= 4 is 41.4 Å². The minimum atomic E-state index is -1.22. The molecule has 190 valence electrons. The zero-order chi connectivity index (χ0) is 25.2. The summed E-state index contributed by atoms with van der Waals surface area (Å²) in [5.74, 6) is -2.31. The Kier molecular flexibility index (Phi) is 16.5. The second kappa shape index (κ2) is 17.9. The van der Waals surface area contributed by atoms with Crippen molar-refractivity contribution in [3.63, 3.8) is 0 Å². The number of thioether (sulfide) groups is 1. The van der Waals surface area contributed by atoms with E-state index in [1.807, 2.05) is 6.26 Å². The van der Waals surface area contributed by atoms with Gasteiger partial charge in [-0.25, -0.2) is 4.79 Å². The molecule has 0 saturated carbocycles. The number of carbonyl (C=O) groups is 4. The Morgan fingerprint density at radius 2 is 1.64 bits per heavy atom. The van der Waals surface area contributed by atoms with Crippen LogP contribution in [-0.2, 0) is 19.2 Å². The lowest BCUT2D eigenvalue weighted by atomic mass is 10.1. The van der Waals surface area contributed by atoms with Crippen molar-refractivity contribution < 1.29 is 24.3 Å². The number of unbranched alkanes of at least 4 members (excludes halogenated alkanes) is 1. The number of carboxylic acids is 1. The van der Waals surface area contributed by atoms with E-state index < -0.39 is 41.8 Å². The summed E-state index contributed by atoms with van der Waals surface area (Å²) in [7, 11) is 0. The highest BCUT2D eigenvalue weighted by Gasteiger charge is 2.26. The van der Waals surface area contributed by atoms with E-state index in [2.05, 4.69) is 20.9 Å². The molecule has 0 rings (SSSR count). The van der Waals surface area contributed by atoms with Crippen LogP contribution in [0.3, 0.4) is 0 Å². The van der Waals surface area contributed by atoms with Gasteiger partial charge in [0.25, 0.3) is 0 Å². The highest BCUT2D eigenvalue weighted by molar-refractivity contribution is 7.98. The highest BCUT2D eigenvalue weighted by atomic mass is 32.2. The van der Waals surface area contributed by atoms with Crippen LogP contribution in [0.25, 0.3) is 0 Å². The smallest absolute Gasteiger partial charge is 0.326 e. The van der Waals surface area contributed by atoms with Crippen molar-refractivity contribution in [2.45, 2.75) is 56.7 Å². The Bertz CT molecular complexity index is 660. The van der Waals surface area contributed by atoms with Gasteiger partial charge < -0.3 is 44.0 Å². The Balaban J connectivity index is 4.90. The standard InChI is InChI=1S/C19H38N8O5S/c1-33-10-7-12(21)16(29)25-11-15(28)26-13(5-2-3-8-20)17(30)27-14(18(31)32)6-4-9-24-19(22)23/h12-14H,2-11,20-21H2,1H3,(H,25,29)(H,26,28)(H,27,30)(H,31,32)(H4,22,23,24). The maximum absolute atomic E-state index is 12.7. The number of carbonyl (C=O) groups excluding carboxylic acids is 3. The number of nitrogens with one attached hydrogen (secondary N) is 3. The molecule has 33 heavy (non-hydrogen) atoms. The lowest BCUT2D eigenvalue weighted by Gasteiger charge is -2.22. The molecular formula is C19H38N8O5S. The fraction of sp³-hybridized carbons (Fsp3) is 0.737. The van der Waals surface area contributed by atoms with Gasteiger partial charge in [-0.1, -0.05) is 0 Å². The number of amides is 3. The van der Waals surface area contributed by atoms with Gasteiger partial charge in [-0.3, -0.25) is 19.4 Å². The first-order valence-electron chi connectivity index (χ1n) is 10.7. The predicted octanol–water partition coefficient (Wildman–Crippen LogP) is -2.58. The zero-order valence-electron chi connectivity index (χ0n) is 19.0. The molecular weight excluding hydrogens is 452 g/mol. The third kappa shape index (κ3) is 15.0. The van der Waals surface area contributed by atoms with Crippen LogP contribution in [0, 0.1) is 0 Å². The first-order valence-corrected chi connectivity index (χ1v) is 12.1. The van der Waals surface area contributed by atoms with Gasteiger partial charge in [-0.2, -0.15) is 11.8 Å². The van der Waals surface area contributed by atoms with E-state index in [1.165, 1.54) is 0 Å². The summed E-state index contributed by atoms with van der Waals surface area (Å²) in [6.07, 6.45) is 4.24. The average Bonchev–Trinajstić information content (AvgIpc) is 2.76. The van der Waals surface area contributed by atoms with E-state index in [0.29, 0.717) is 38.0 Å². The van der Waals surface area contributed by atoms with Gasteiger partial charge in [-0.05, 0) is 57.1 Å². The number of rotatable bonds is 18. The topological polar surface area (TPSA) is 241 Å². The van der Waals surface area contributed by atoms with Crippen LogP contribution in [0.2, 0.25) is 0 Å². The molecule has 0 aromatic carbocycles. The average molecular weight is 491 g/mol. The van der Waals surface area contributed by atoms with Crippen LogP contribution in [-0.4, -0.2) is 84.5 Å². The quantitative estimate of drug-likeness (QED) is 0.0566. The molecule has 0 aliphatic heterocycles. The van der Waals surface area contributed by atoms with E-state index in [4.69, 9.17) is 22.9 Å². The van der Waals surface area contributed by atoms with Gasteiger partial charge in [0.15, 0.2) is 5.96 Å². The second-order valence-electron chi connectivity index (χ2n) is 7.36. The van der Waals surface area contributed by atoms with Gasteiger partial charge in [-0.15, -0.1) is 0 Å². The minimum Gasteiger partial charge on any atom is -0.480 e. The second-order valence-corrected chi connectivity index (χ2v) is 8.34. The van der Waals surface area contributed by atoms with Crippen molar-refractivity contribution in [3.8, 4) is 0 Å². The first kappa shape index (κ1) is 30.4. The van der Waals surface area contributed by atoms with Gasteiger partial charge >= 0.3 is 5.97 Å². The molecule has 0 aliphatic carbocycles. The number of aliphatic carboxylic acids is 1. The molecule has 0 spiro atoms. The third-order valence-electron chi connectivity index (χ3n) is 4.55. The Labute approximate surface area is 198 Å². The SMILES string of the molecule is CSCCC(N)C(=O)NCC(=O)NC(CCCCN)C(=O)NC(CCCN=C(N)N)C(=O)O. The molecule has 3 amide bonds. The highest BCUT2D eigenvalue weighted by Crippen LogP contribution is 2.05. The number of carboxylic acid groups (broad SMARTS) is 1. The summed E-state index contributed by atoms with van der Waals surface area (Å²) in [6.45, 7) is 0.277. The van der Waals surface area contributed by atoms with Crippen LogP contribution in [0.4, 0.5) is 0 Å². The summed E-state index contributed by atoms with van der Waals surface area (Å²) in [5.41, 5.74) is 21.7. The fourth-order valence-corrected chi connectivity index (χ4v) is 3.20. The Hall–Kier alpha value is -2.58. The first-order chi connectivity index (χ1) is 15.6. The third-order valence-corrected chi connectivity index (χ3v) is 5.20. The van der Waals surface area contributed by atoms with E-state index >= 15 is 0 Å². The van der Waals surface area contributed by atoms with E-state index in [1.54, 1.807) is 11.8 Å². The molecule has 3 atom stereocenters. The van der Waals surface area contributed by atoms with Crippen molar-refractivity contribution in [1.82, 2.24) is 16.0 Å². The lowest BCUT2D eigenvalue weighted by molar-refractivity contribution is -0.142. The van der Waals surface area contributed by atoms with Crippen LogP contribution in [0.1, 0.15) is 38.5 Å². The minimum absolute atomic E-state index is 0.102. The summed E-state index contributed by atoms with van der Waals surface area (Å²) in [4.78, 5) is 52.3. The molecule has 14 heteroatoms. The van der Waals surface area contributed by atoms with Crippen LogP contribution < -0.4 is 38.9 Å². The number of guanidine groups is 1. The van der Waals surface area contributed by atoms with Crippen LogP contribution >= 0.6 is 11.8 Å². The maximum atomic E-state index is 12.7. The molecule has 0 aromatic heterocycles. The van der Waals surface area contributed by atoms with Crippen LogP contribution in [0.5, 0.6) is 0 Å². The molecule has 0 saturated heterocycles. The monoisotopic (exact) mass is 490 g/mol. The summed E-state index contributed by atoms with van der Waals surface area (Å²) in [6, 6.07) is -2.88. The zero-order valence-corrected chi connectivity index (χ0v) is 19.9. The largest absolute Gasteiger partial charge is 0.480 e. The van der Waals surface area contributed by atoms with Crippen molar-refractivity contribution in [3.05, 3.63) is 0 Å². The van der Waals surface area contributed by atoms with E-state index in [0.717, 1.165) is 0 Å². The van der Waals surface area contributed by atoms with Gasteiger partial charge in [0.2, 0.25) is 17.7 Å². The fourth-order valence-electron chi connectivity index (χ4n) is 2.71. The van der Waals surface area contributed by atoms with Gasteiger partial charge in [0.1, 0.15) is 12.1 Å². The Morgan fingerprint density at radius 3 is 2.21 bits per heavy atom. The molecule has 13 nitrogen and oxygen atoms in total. The van der Waals surface area contributed by atoms with E-state index in [9.17, 15) is 24.3 Å². The summed E-state index contributed by atoms with van der Waals surface area (Å²) in [5, 5.41) is 16.8. The normalized spacial score (nSPS) is 13.3. The molecule has 0 heterocycles. The number of aliphatic imine (C=N–C) groups is 1. The van der Waals surface area contributed by atoms with Crippen LogP contribution in [0.15, 0.2) is 4.99 Å². The molecule has 3 unspecified atom stereocenters. The number of hydrogen-bond acceptors (Lipinski definition) is 8. The maximum Gasteiger partial charge on any atom is 0.326 e. The molecule has 0 aromatic rings. The molecule has 0 fully saturated rings. The molecule has 12 N–H and O–H groups in total. The number of hydrogen-bond donors (Lipinski definition) is 8. The number of nitrogens with zero attached hydrogens (tertiary/aromatic N) is 1. The predicted molar refractivity (Wildman–Crippen MR) is 128 cm³/mol. The molecule has 0 aliphatic rings. The van der Waals surface area contributed by atoms with E-state index in [-0.39, 0.29) is 31.9 Å². The molecule has 0 bridgehead atoms. The van der Waals surface area contributed by atoms with Crippen molar-refractivity contribution in [1.29, 1.82) is 0 Å². The lowest BCUT2D eigenvalue weighted by Crippen LogP contribution is -2.53.